The van der Waals surface area contributed by atoms with Crippen molar-refractivity contribution in [2.24, 2.45) is 11.1 Å². The fraction of sp³-hybridized carbons (Fsp3) is 0.350. The van der Waals surface area contributed by atoms with Gasteiger partial charge in [0.25, 0.3) is 0 Å². The number of carbonyl (C=O) groups is 2. The van der Waals surface area contributed by atoms with Gasteiger partial charge < -0.3 is 20.7 Å². The highest BCUT2D eigenvalue weighted by atomic mass is 16.5. The van der Waals surface area contributed by atoms with Crippen LogP contribution in [0.3, 0.4) is 0 Å². The zero-order chi connectivity index (χ0) is 19.3. The zero-order valence-corrected chi connectivity index (χ0v) is 15.4. The summed E-state index contributed by atoms with van der Waals surface area (Å²) in [6, 6.07) is 10.5. The van der Waals surface area contributed by atoms with Gasteiger partial charge in [0.2, 0.25) is 5.91 Å². The van der Waals surface area contributed by atoms with Gasteiger partial charge in [-0.25, -0.2) is 4.79 Å². The van der Waals surface area contributed by atoms with Gasteiger partial charge in [0.05, 0.1) is 17.3 Å². The van der Waals surface area contributed by atoms with Crippen molar-refractivity contribution in [3.8, 4) is 11.5 Å². The molecular formula is C20H24N4O3. The molecule has 1 saturated heterocycles. The topological polar surface area (TPSA) is 97.6 Å². The summed E-state index contributed by atoms with van der Waals surface area (Å²) < 4.78 is 5.83. The maximum atomic E-state index is 12.8. The lowest BCUT2D eigenvalue weighted by Gasteiger charge is -2.40. The Morgan fingerprint density at radius 2 is 2.11 bits per heavy atom. The molecule has 27 heavy (non-hydrogen) atoms. The van der Waals surface area contributed by atoms with Gasteiger partial charge in [-0.2, -0.15) is 0 Å². The molecule has 1 aromatic heterocycles. The van der Waals surface area contributed by atoms with E-state index in [0.29, 0.717) is 43.1 Å². The lowest BCUT2D eigenvalue weighted by atomic mass is 9.77. The van der Waals surface area contributed by atoms with Crippen molar-refractivity contribution in [2.45, 2.75) is 26.2 Å². The number of likely N-dealkylation sites (tertiary alicyclic amines) is 1. The summed E-state index contributed by atoms with van der Waals surface area (Å²) in [5.41, 5.74) is 5.52. The molecule has 0 bridgehead atoms. The van der Waals surface area contributed by atoms with Crippen LogP contribution in [-0.4, -0.2) is 34.9 Å². The first kappa shape index (κ1) is 18.7. The molecule has 142 valence electrons. The molecule has 3 N–H and O–H groups in total. The molecule has 0 aliphatic carbocycles. The van der Waals surface area contributed by atoms with Crippen LogP contribution in [0.15, 0.2) is 48.8 Å². The fourth-order valence-corrected chi connectivity index (χ4v) is 3.36. The monoisotopic (exact) mass is 368 g/mol. The third-order valence-corrected chi connectivity index (χ3v) is 5.05. The van der Waals surface area contributed by atoms with Gasteiger partial charge >= 0.3 is 6.03 Å². The maximum absolute atomic E-state index is 12.8. The first-order valence-electron chi connectivity index (χ1n) is 9.07. The number of nitrogens with zero attached hydrogens (tertiary/aromatic N) is 2. The van der Waals surface area contributed by atoms with E-state index in [-0.39, 0.29) is 11.9 Å². The molecule has 0 saturated carbocycles. The molecule has 1 aliphatic heterocycles. The van der Waals surface area contributed by atoms with Crippen molar-refractivity contribution in [2.75, 3.05) is 18.4 Å². The number of primary amides is 1. The molecule has 1 aliphatic rings. The predicted octanol–water partition coefficient (Wildman–Crippen LogP) is 3.38. The number of aromatic nitrogens is 1. The normalized spacial score (nSPS) is 19.4. The Hall–Kier alpha value is -3.09. The molecule has 1 atom stereocenters. The summed E-state index contributed by atoms with van der Waals surface area (Å²) in [5, 5.41) is 2.89. The van der Waals surface area contributed by atoms with Gasteiger partial charge in [-0.15, -0.1) is 0 Å². The second kappa shape index (κ2) is 8.07. The summed E-state index contributed by atoms with van der Waals surface area (Å²) in [6.07, 6.45) is 5.34. The Morgan fingerprint density at radius 3 is 2.81 bits per heavy atom. The SMILES string of the molecule is CCC1(C(N)=O)CCCN(C(=O)Nc2ccccc2Oc2cccnc2)C1. The van der Waals surface area contributed by atoms with Gasteiger partial charge in [0.1, 0.15) is 5.75 Å². The van der Waals surface area contributed by atoms with Crippen LogP contribution in [0.2, 0.25) is 0 Å². The molecule has 1 fully saturated rings. The molecule has 1 aromatic carbocycles. The summed E-state index contributed by atoms with van der Waals surface area (Å²) >= 11 is 0. The van der Waals surface area contributed by atoms with Gasteiger partial charge in [-0.05, 0) is 43.5 Å². The van der Waals surface area contributed by atoms with Crippen LogP contribution >= 0.6 is 0 Å². The standard InChI is InChI=1S/C20H24N4O3/c1-2-20(18(21)25)10-6-12-24(14-20)19(26)23-16-8-3-4-9-17(16)27-15-7-5-11-22-13-15/h3-5,7-9,11,13H,2,6,10,12,14H2,1H3,(H2,21,25)(H,23,26). The third kappa shape index (κ3) is 4.19. The smallest absolute Gasteiger partial charge is 0.321 e. The number of rotatable bonds is 5. The molecule has 2 heterocycles. The van der Waals surface area contributed by atoms with Crippen LogP contribution in [0.1, 0.15) is 26.2 Å². The van der Waals surface area contributed by atoms with Gasteiger partial charge in [-0.1, -0.05) is 19.1 Å². The number of nitrogens with two attached hydrogens (primary N) is 1. The van der Waals surface area contributed by atoms with Crippen molar-refractivity contribution in [3.63, 3.8) is 0 Å². The van der Waals surface area contributed by atoms with Crippen molar-refractivity contribution >= 4 is 17.6 Å². The van der Waals surface area contributed by atoms with E-state index >= 15 is 0 Å². The minimum absolute atomic E-state index is 0.268. The summed E-state index contributed by atoms with van der Waals surface area (Å²) in [6.45, 7) is 2.85. The Morgan fingerprint density at radius 1 is 1.30 bits per heavy atom. The zero-order valence-electron chi connectivity index (χ0n) is 15.4. The Balaban J connectivity index is 1.74. The van der Waals surface area contributed by atoms with Crippen molar-refractivity contribution in [3.05, 3.63) is 48.8 Å². The molecule has 7 heteroatoms. The highest BCUT2D eigenvalue weighted by molar-refractivity contribution is 5.92. The number of ether oxygens (including phenoxy) is 1. The fourth-order valence-electron chi connectivity index (χ4n) is 3.36. The van der Waals surface area contributed by atoms with Crippen LogP contribution in [-0.2, 0) is 4.79 Å². The van der Waals surface area contributed by atoms with E-state index in [1.54, 1.807) is 41.6 Å². The van der Waals surface area contributed by atoms with Crippen LogP contribution in [0, 0.1) is 5.41 Å². The average molecular weight is 368 g/mol. The largest absolute Gasteiger partial charge is 0.454 e. The predicted molar refractivity (Wildman–Crippen MR) is 102 cm³/mol. The van der Waals surface area contributed by atoms with Crippen LogP contribution in [0.5, 0.6) is 11.5 Å². The van der Waals surface area contributed by atoms with E-state index < -0.39 is 5.41 Å². The Labute approximate surface area is 158 Å². The quantitative estimate of drug-likeness (QED) is 0.845. The van der Waals surface area contributed by atoms with Crippen LogP contribution in [0.4, 0.5) is 10.5 Å². The number of anilines is 1. The Bertz CT molecular complexity index is 812. The number of urea groups is 1. The summed E-state index contributed by atoms with van der Waals surface area (Å²) in [7, 11) is 0. The number of piperidine rings is 1. The van der Waals surface area contributed by atoms with E-state index in [2.05, 4.69) is 10.3 Å². The molecule has 7 nitrogen and oxygen atoms in total. The number of benzene rings is 1. The van der Waals surface area contributed by atoms with Gasteiger partial charge in [-0.3, -0.25) is 9.78 Å². The van der Waals surface area contributed by atoms with Crippen molar-refractivity contribution < 1.29 is 14.3 Å². The van der Waals surface area contributed by atoms with Crippen molar-refractivity contribution in [1.82, 2.24) is 9.88 Å². The number of hydrogen-bond acceptors (Lipinski definition) is 4. The van der Waals surface area contributed by atoms with E-state index in [0.717, 1.165) is 6.42 Å². The second-order valence-corrected chi connectivity index (χ2v) is 6.74. The summed E-state index contributed by atoms with van der Waals surface area (Å²) in [4.78, 5) is 30.4. The number of pyridine rings is 1. The second-order valence-electron chi connectivity index (χ2n) is 6.74. The van der Waals surface area contributed by atoms with E-state index in [9.17, 15) is 9.59 Å². The lowest BCUT2D eigenvalue weighted by molar-refractivity contribution is -0.130. The molecule has 2 aromatic rings. The van der Waals surface area contributed by atoms with E-state index in [1.165, 1.54) is 0 Å². The third-order valence-electron chi connectivity index (χ3n) is 5.05. The molecule has 3 rings (SSSR count). The highest BCUT2D eigenvalue weighted by Gasteiger charge is 2.40. The maximum Gasteiger partial charge on any atom is 0.321 e. The molecule has 1 unspecified atom stereocenters. The van der Waals surface area contributed by atoms with E-state index in [1.807, 2.05) is 19.1 Å². The number of para-hydroxylation sites is 2. The average Bonchev–Trinajstić information content (AvgIpc) is 2.70. The number of hydrogen-bond donors (Lipinski definition) is 2. The molecule has 0 radical (unpaired) electrons. The van der Waals surface area contributed by atoms with Gasteiger partial charge in [0, 0.05) is 19.3 Å². The molecular weight excluding hydrogens is 344 g/mol. The number of carbonyl (C=O) groups excluding carboxylic acids is 2. The van der Waals surface area contributed by atoms with Crippen LogP contribution < -0.4 is 15.8 Å². The first-order chi connectivity index (χ1) is 13.0. The lowest BCUT2D eigenvalue weighted by Crippen LogP contribution is -2.52. The van der Waals surface area contributed by atoms with Crippen molar-refractivity contribution in [1.29, 1.82) is 0 Å². The van der Waals surface area contributed by atoms with Gasteiger partial charge in [0.15, 0.2) is 5.75 Å². The first-order valence-corrected chi connectivity index (χ1v) is 9.07. The molecule has 3 amide bonds. The highest BCUT2D eigenvalue weighted by Crippen LogP contribution is 2.34. The van der Waals surface area contributed by atoms with Crippen LogP contribution in [0.25, 0.3) is 0 Å². The minimum Gasteiger partial charge on any atom is -0.454 e. The summed E-state index contributed by atoms with van der Waals surface area (Å²) in [5.74, 6) is 0.756. The number of amides is 3. The Kier molecular flexibility index (Phi) is 5.59. The minimum atomic E-state index is -0.651. The molecule has 0 spiro atoms. The number of nitrogens with one attached hydrogen (secondary N) is 1. The van der Waals surface area contributed by atoms with E-state index in [4.69, 9.17) is 10.5 Å².